The van der Waals surface area contributed by atoms with Crippen LogP contribution in [0.2, 0.25) is 0 Å². The maximum absolute atomic E-state index is 5.12. The van der Waals surface area contributed by atoms with Gasteiger partial charge in [0.25, 0.3) is 0 Å². The van der Waals surface area contributed by atoms with E-state index < -0.39 is 0 Å². The molecule has 11 heavy (non-hydrogen) atoms. The van der Waals surface area contributed by atoms with Gasteiger partial charge in [0.2, 0.25) is 0 Å². The first-order chi connectivity index (χ1) is 5.34. The Bertz CT molecular complexity index is 201. The summed E-state index contributed by atoms with van der Waals surface area (Å²) >= 11 is 0. The quantitative estimate of drug-likeness (QED) is 0.260. The monoisotopic (exact) mass is 150 g/mol. The van der Waals surface area contributed by atoms with Crippen LogP contribution in [0.25, 0.3) is 0 Å². The Balaban J connectivity index is 2.15. The van der Waals surface area contributed by atoms with Crippen molar-refractivity contribution in [3.63, 3.8) is 0 Å². The standard InChI is InChI=1S/C10H14O/c1-3-4-5-6-7-9(2)10-8-11-10/h7,10H,5-6,8H2,1-2H3/b9-7+/t10-/m1/s1. The predicted octanol–water partition coefficient (Wildman–Crippen LogP) is 2.13. The minimum Gasteiger partial charge on any atom is -0.368 e. The van der Waals surface area contributed by atoms with Crippen molar-refractivity contribution in [2.24, 2.45) is 0 Å². The van der Waals surface area contributed by atoms with Crippen molar-refractivity contribution in [2.75, 3.05) is 6.61 Å². The van der Waals surface area contributed by atoms with Crippen LogP contribution in [0.3, 0.4) is 0 Å². The zero-order valence-corrected chi connectivity index (χ0v) is 7.18. The second-order valence-corrected chi connectivity index (χ2v) is 2.74. The molecule has 0 aromatic carbocycles. The van der Waals surface area contributed by atoms with Crippen molar-refractivity contribution >= 4 is 0 Å². The highest BCUT2D eigenvalue weighted by atomic mass is 16.6. The maximum Gasteiger partial charge on any atom is 0.102 e. The number of hydrogen-bond donors (Lipinski definition) is 0. The van der Waals surface area contributed by atoms with Crippen LogP contribution in [0.15, 0.2) is 11.6 Å². The summed E-state index contributed by atoms with van der Waals surface area (Å²) in [5.41, 5.74) is 1.36. The van der Waals surface area contributed by atoms with E-state index in [0.29, 0.717) is 6.10 Å². The largest absolute Gasteiger partial charge is 0.368 e. The maximum atomic E-state index is 5.12. The summed E-state index contributed by atoms with van der Waals surface area (Å²) in [6.45, 7) is 4.92. The first-order valence-electron chi connectivity index (χ1n) is 4.02. The Hall–Kier alpha value is -0.740. The number of ether oxygens (including phenoxy) is 1. The second kappa shape index (κ2) is 4.20. The molecule has 0 N–H and O–H groups in total. The van der Waals surface area contributed by atoms with E-state index >= 15 is 0 Å². The van der Waals surface area contributed by atoms with Crippen LogP contribution in [-0.4, -0.2) is 12.7 Å². The molecule has 1 rings (SSSR count). The van der Waals surface area contributed by atoms with Crippen LogP contribution in [0.1, 0.15) is 26.7 Å². The normalized spacial score (nSPS) is 22.4. The third kappa shape index (κ3) is 3.25. The van der Waals surface area contributed by atoms with E-state index in [1.807, 2.05) is 6.92 Å². The fourth-order valence-electron chi connectivity index (χ4n) is 0.939. The number of allylic oxidation sites excluding steroid dienone is 1. The molecule has 0 saturated carbocycles. The molecule has 0 aliphatic carbocycles. The van der Waals surface area contributed by atoms with E-state index in [1.54, 1.807) is 0 Å². The average Bonchev–Trinajstić information content (AvgIpc) is 2.79. The third-order valence-corrected chi connectivity index (χ3v) is 1.75. The van der Waals surface area contributed by atoms with Crippen molar-refractivity contribution in [3.05, 3.63) is 11.6 Å². The molecular formula is C10H14O. The Morgan fingerprint density at radius 1 is 1.73 bits per heavy atom. The number of epoxide rings is 1. The van der Waals surface area contributed by atoms with Crippen molar-refractivity contribution in [1.29, 1.82) is 0 Å². The van der Waals surface area contributed by atoms with E-state index in [4.69, 9.17) is 4.74 Å². The Kier molecular flexibility index (Phi) is 3.19. The SMILES string of the molecule is CC#CCC/C=C(\C)[C@H]1CO1. The van der Waals surface area contributed by atoms with Crippen molar-refractivity contribution in [3.8, 4) is 11.8 Å². The minimum absolute atomic E-state index is 0.435. The molecule has 1 saturated heterocycles. The Morgan fingerprint density at radius 3 is 3.00 bits per heavy atom. The molecule has 1 heterocycles. The zero-order chi connectivity index (χ0) is 8.10. The fraction of sp³-hybridized carbons (Fsp3) is 0.600. The lowest BCUT2D eigenvalue weighted by Crippen LogP contribution is -1.85. The third-order valence-electron chi connectivity index (χ3n) is 1.75. The smallest absolute Gasteiger partial charge is 0.102 e. The van der Waals surface area contributed by atoms with Gasteiger partial charge >= 0.3 is 0 Å². The summed E-state index contributed by atoms with van der Waals surface area (Å²) in [6, 6.07) is 0. The van der Waals surface area contributed by atoms with Gasteiger partial charge in [-0.05, 0) is 25.8 Å². The molecule has 1 aliphatic rings. The van der Waals surface area contributed by atoms with Gasteiger partial charge in [0.1, 0.15) is 6.10 Å². The average molecular weight is 150 g/mol. The minimum atomic E-state index is 0.435. The molecule has 0 aromatic heterocycles. The van der Waals surface area contributed by atoms with Crippen LogP contribution in [0, 0.1) is 11.8 Å². The van der Waals surface area contributed by atoms with Gasteiger partial charge in [-0.2, -0.15) is 0 Å². The summed E-state index contributed by atoms with van der Waals surface area (Å²) in [5.74, 6) is 5.90. The van der Waals surface area contributed by atoms with Gasteiger partial charge < -0.3 is 4.74 Å². The van der Waals surface area contributed by atoms with Crippen LogP contribution in [0.4, 0.5) is 0 Å². The molecule has 0 bridgehead atoms. The van der Waals surface area contributed by atoms with Gasteiger partial charge in [0.15, 0.2) is 0 Å². The molecule has 1 atom stereocenters. The molecule has 0 amide bonds. The first kappa shape index (κ1) is 8.36. The van der Waals surface area contributed by atoms with E-state index in [2.05, 4.69) is 24.8 Å². The van der Waals surface area contributed by atoms with Gasteiger partial charge in [-0.25, -0.2) is 0 Å². The highest BCUT2D eigenvalue weighted by Crippen LogP contribution is 2.19. The first-order valence-corrected chi connectivity index (χ1v) is 4.02. The molecule has 1 heteroatoms. The number of unbranched alkanes of at least 4 members (excludes halogenated alkanes) is 1. The van der Waals surface area contributed by atoms with Gasteiger partial charge in [-0.15, -0.1) is 11.8 Å². The van der Waals surface area contributed by atoms with Gasteiger partial charge in [0.05, 0.1) is 6.61 Å². The molecule has 1 fully saturated rings. The van der Waals surface area contributed by atoms with Crippen molar-refractivity contribution in [2.45, 2.75) is 32.8 Å². The summed E-state index contributed by atoms with van der Waals surface area (Å²) < 4.78 is 5.12. The molecule has 0 radical (unpaired) electrons. The van der Waals surface area contributed by atoms with E-state index in [9.17, 15) is 0 Å². The van der Waals surface area contributed by atoms with Gasteiger partial charge in [0, 0.05) is 6.42 Å². The fourth-order valence-corrected chi connectivity index (χ4v) is 0.939. The molecule has 1 aliphatic heterocycles. The lowest BCUT2D eigenvalue weighted by molar-refractivity contribution is 0.431. The zero-order valence-electron chi connectivity index (χ0n) is 7.18. The predicted molar refractivity (Wildman–Crippen MR) is 46.2 cm³/mol. The highest BCUT2D eigenvalue weighted by molar-refractivity contribution is 5.11. The van der Waals surface area contributed by atoms with Crippen LogP contribution in [0.5, 0.6) is 0 Å². The molecular weight excluding hydrogens is 136 g/mol. The van der Waals surface area contributed by atoms with Gasteiger partial charge in [-0.1, -0.05) is 6.08 Å². The summed E-state index contributed by atoms with van der Waals surface area (Å²) in [5, 5.41) is 0. The molecule has 60 valence electrons. The van der Waals surface area contributed by atoms with Crippen LogP contribution >= 0.6 is 0 Å². The Morgan fingerprint density at radius 2 is 2.45 bits per heavy atom. The lowest BCUT2D eigenvalue weighted by Gasteiger charge is -1.91. The van der Waals surface area contributed by atoms with E-state index in [1.165, 1.54) is 5.57 Å². The Labute approximate surface area is 68.4 Å². The summed E-state index contributed by atoms with van der Waals surface area (Å²) in [6.07, 6.45) is 4.69. The topological polar surface area (TPSA) is 12.5 Å². The van der Waals surface area contributed by atoms with E-state index in [0.717, 1.165) is 19.4 Å². The molecule has 0 unspecified atom stereocenters. The number of rotatable bonds is 3. The summed E-state index contributed by atoms with van der Waals surface area (Å²) in [7, 11) is 0. The van der Waals surface area contributed by atoms with Crippen LogP contribution < -0.4 is 0 Å². The second-order valence-electron chi connectivity index (χ2n) is 2.74. The van der Waals surface area contributed by atoms with Crippen molar-refractivity contribution < 1.29 is 4.74 Å². The molecule has 1 nitrogen and oxygen atoms in total. The lowest BCUT2D eigenvalue weighted by atomic mass is 10.2. The molecule has 0 spiro atoms. The highest BCUT2D eigenvalue weighted by Gasteiger charge is 2.23. The van der Waals surface area contributed by atoms with Gasteiger partial charge in [-0.3, -0.25) is 0 Å². The van der Waals surface area contributed by atoms with Crippen molar-refractivity contribution in [1.82, 2.24) is 0 Å². The van der Waals surface area contributed by atoms with E-state index in [-0.39, 0.29) is 0 Å². The summed E-state index contributed by atoms with van der Waals surface area (Å²) in [4.78, 5) is 0. The number of hydrogen-bond acceptors (Lipinski definition) is 1. The molecule has 0 aromatic rings. The van der Waals surface area contributed by atoms with Crippen LogP contribution in [-0.2, 0) is 4.74 Å².